The zero-order valence-corrected chi connectivity index (χ0v) is 10.7. The summed E-state index contributed by atoms with van der Waals surface area (Å²) in [5.41, 5.74) is 3.58. The Kier molecular flexibility index (Phi) is 3.14. The first-order chi connectivity index (χ1) is 8.50. The summed E-state index contributed by atoms with van der Waals surface area (Å²) in [6.45, 7) is 0.583. The molecule has 19 heavy (non-hydrogen) atoms. The minimum absolute atomic E-state index is 0.160. The van der Waals surface area contributed by atoms with Crippen molar-refractivity contribution in [3.05, 3.63) is 0 Å². The molecule has 1 spiro atoms. The largest absolute Gasteiger partial charge is 0.490 e. The topological polar surface area (TPSA) is 72.5 Å². The lowest BCUT2D eigenvalue weighted by Gasteiger charge is -2.63. The van der Waals surface area contributed by atoms with Gasteiger partial charge in [0.25, 0.3) is 0 Å². The lowest BCUT2D eigenvalue weighted by molar-refractivity contribution is -0.214. The van der Waals surface area contributed by atoms with Crippen LogP contribution in [0.3, 0.4) is 0 Å². The van der Waals surface area contributed by atoms with Gasteiger partial charge < -0.3 is 15.6 Å². The fourth-order valence-corrected chi connectivity index (χ4v) is 3.13. The van der Waals surface area contributed by atoms with Crippen LogP contribution in [0, 0.1) is 5.41 Å². The normalized spacial score (nSPS) is 27.1. The molecule has 2 fully saturated rings. The quantitative estimate of drug-likeness (QED) is 0.769. The van der Waals surface area contributed by atoms with Crippen LogP contribution >= 0.6 is 0 Å². The first kappa shape index (κ1) is 14.6. The summed E-state index contributed by atoms with van der Waals surface area (Å²) in [5, 5.41) is 10.2. The second kappa shape index (κ2) is 4.09. The number of carbonyl (C=O) groups excluding carboxylic acids is 1. The van der Waals surface area contributed by atoms with Crippen molar-refractivity contribution in [3.8, 4) is 0 Å². The van der Waals surface area contributed by atoms with E-state index in [-0.39, 0.29) is 5.41 Å². The number of ether oxygens (including phenoxy) is 1. The van der Waals surface area contributed by atoms with Crippen LogP contribution in [0.5, 0.6) is 0 Å². The maximum absolute atomic E-state index is 12.0. The van der Waals surface area contributed by atoms with Gasteiger partial charge in [-0.25, -0.2) is 4.79 Å². The highest BCUT2D eigenvalue weighted by atomic mass is 19.4. The second-order valence-electron chi connectivity index (χ2n) is 6.21. The van der Waals surface area contributed by atoms with Crippen LogP contribution in [-0.2, 0) is 9.53 Å². The van der Waals surface area contributed by atoms with Crippen molar-refractivity contribution in [3.63, 3.8) is 0 Å². The molecule has 110 valence electrons. The zero-order chi connectivity index (χ0) is 14.5. The molecule has 0 heterocycles. The average Bonchev–Trinajstić information content (AvgIpc) is 2.16. The Balaban J connectivity index is 1.90. The molecule has 2 aliphatic carbocycles. The van der Waals surface area contributed by atoms with E-state index in [1.165, 1.54) is 6.92 Å². The number of nitrogens with two attached hydrogens (primary N) is 1. The Morgan fingerprint density at radius 3 is 2.26 bits per heavy atom. The number of hydrogen-bond donors (Lipinski definition) is 2. The number of carbonyl (C=O) groups is 1. The van der Waals surface area contributed by atoms with Gasteiger partial charge >= 0.3 is 12.1 Å². The van der Waals surface area contributed by atoms with Gasteiger partial charge in [-0.15, -0.1) is 0 Å². The monoisotopic (exact) mass is 281 g/mol. The maximum Gasteiger partial charge on any atom is 0.490 e. The molecular formula is C12H18F3NO3. The highest BCUT2D eigenvalue weighted by molar-refractivity contribution is 5.75. The van der Waals surface area contributed by atoms with Gasteiger partial charge in [-0.1, -0.05) is 6.42 Å². The Bertz CT molecular complexity index is 380. The SMILES string of the molecule is CC(O)(COC(=O)C(F)(F)F)C1(N)CC2(CCC2)C1. The molecule has 1 unspecified atom stereocenters. The number of halogens is 3. The average molecular weight is 281 g/mol. The molecule has 0 amide bonds. The van der Waals surface area contributed by atoms with Crippen LogP contribution in [0.25, 0.3) is 0 Å². The lowest BCUT2D eigenvalue weighted by atomic mass is 9.45. The summed E-state index contributed by atoms with van der Waals surface area (Å²) in [6, 6.07) is 0. The minimum Gasteiger partial charge on any atom is -0.456 e. The van der Waals surface area contributed by atoms with Gasteiger partial charge in [-0.05, 0) is 38.0 Å². The van der Waals surface area contributed by atoms with Crippen LogP contribution < -0.4 is 5.73 Å². The molecule has 4 nitrogen and oxygen atoms in total. The summed E-state index contributed by atoms with van der Waals surface area (Å²) in [5.74, 6) is -2.30. The van der Waals surface area contributed by atoms with E-state index in [0.29, 0.717) is 12.8 Å². The number of hydrogen-bond acceptors (Lipinski definition) is 4. The van der Waals surface area contributed by atoms with E-state index in [2.05, 4.69) is 4.74 Å². The van der Waals surface area contributed by atoms with E-state index in [4.69, 9.17) is 5.73 Å². The standard InChI is InChI=1S/C12H18F3NO3/c1-9(18,7-19-8(17)12(13,14)15)11(16)5-10(6-11)3-2-4-10/h18H,2-7,16H2,1H3. The predicted molar refractivity (Wildman–Crippen MR) is 60.1 cm³/mol. The molecule has 0 aromatic carbocycles. The molecule has 3 N–H and O–H groups in total. The zero-order valence-electron chi connectivity index (χ0n) is 10.7. The van der Waals surface area contributed by atoms with Crippen LogP contribution in [-0.4, -0.2) is 35.0 Å². The van der Waals surface area contributed by atoms with E-state index in [1.54, 1.807) is 0 Å². The van der Waals surface area contributed by atoms with Crippen molar-refractivity contribution in [2.75, 3.05) is 6.61 Å². The van der Waals surface area contributed by atoms with Crippen molar-refractivity contribution >= 4 is 5.97 Å². The summed E-state index contributed by atoms with van der Waals surface area (Å²) < 4.78 is 40.2. The van der Waals surface area contributed by atoms with E-state index in [0.717, 1.165) is 19.3 Å². The first-order valence-electron chi connectivity index (χ1n) is 6.25. The van der Waals surface area contributed by atoms with E-state index in [1.807, 2.05) is 0 Å². The Morgan fingerprint density at radius 2 is 1.89 bits per heavy atom. The summed E-state index contributed by atoms with van der Waals surface area (Å²) in [7, 11) is 0. The molecule has 2 saturated carbocycles. The third-order valence-electron chi connectivity index (χ3n) is 4.58. The van der Waals surface area contributed by atoms with Gasteiger partial charge in [-0.2, -0.15) is 13.2 Å². The molecular weight excluding hydrogens is 263 g/mol. The number of aliphatic hydroxyl groups is 1. The third-order valence-corrected chi connectivity index (χ3v) is 4.58. The van der Waals surface area contributed by atoms with Crippen molar-refractivity contribution in [2.45, 2.75) is 56.3 Å². The van der Waals surface area contributed by atoms with Gasteiger partial charge in [0.2, 0.25) is 0 Å². The summed E-state index contributed by atoms with van der Waals surface area (Å²) in [6.07, 6.45) is -0.699. The van der Waals surface area contributed by atoms with Gasteiger partial charge in [0.05, 0.1) is 0 Å². The Hall–Kier alpha value is -0.820. The maximum atomic E-state index is 12.0. The van der Waals surface area contributed by atoms with Crippen LogP contribution in [0.4, 0.5) is 13.2 Å². The molecule has 2 rings (SSSR count). The van der Waals surface area contributed by atoms with Gasteiger partial charge in [0, 0.05) is 5.54 Å². The minimum atomic E-state index is -5.05. The van der Waals surface area contributed by atoms with Gasteiger partial charge in [0.15, 0.2) is 0 Å². The molecule has 0 saturated heterocycles. The number of alkyl halides is 3. The molecule has 7 heteroatoms. The molecule has 0 bridgehead atoms. The number of rotatable bonds is 3. The Morgan fingerprint density at radius 1 is 1.37 bits per heavy atom. The summed E-state index contributed by atoms with van der Waals surface area (Å²) >= 11 is 0. The smallest absolute Gasteiger partial charge is 0.456 e. The van der Waals surface area contributed by atoms with Crippen LogP contribution in [0.2, 0.25) is 0 Å². The number of esters is 1. The molecule has 0 aromatic heterocycles. The van der Waals surface area contributed by atoms with E-state index >= 15 is 0 Å². The van der Waals surface area contributed by atoms with Crippen molar-refractivity contribution in [2.24, 2.45) is 11.1 Å². The molecule has 1 atom stereocenters. The fourth-order valence-electron chi connectivity index (χ4n) is 3.13. The van der Waals surface area contributed by atoms with Crippen molar-refractivity contribution in [1.29, 1.82) is 0 Å². The Labute approximate surface area is 109 Å². The van der Waals surface area contributed by atoms with Crippen LogP contribution in [0.1, 0.15) is 39.0 Å². The highest BCUT2D eigenvalue weighted by Gasteiger charge is 2.62. The van der Waals surface area contributed by atoms with E-state index < -0.39 is 29.9 Å². The molecule has 2 aliphatic rings. The van der Waals surface area contributed by atoms with Gasteiger partial charge in [0.1, 0.15) is 12.2 Å². The molecule has 0 aliphatic heterocycles. The third kappa shape index (κ3) is 2.45. The van der Waals surface area contributed by atoms with Crippen molar-refractivity contribution in [1.82, 2.24) is 0 Å². The van der Waals surface area contributed by atoms with Gasteiger partial charge in [-0.3, -0.25) is 0 Å². The van der Waals surface area contributed by atoms with E-state index in [9.17, 15) is 23.1 Å². The lowest BCUT2D eigenvalue weighted by Crippen LogP contribution is -2.72. The second-order valence-corrected chi connectivity index (χ2v) is 6.21. The summed E-state index contributed by atoms with van der Waals surface area (Å²) in [4.78, 5) is 10.6. The molecule has 0 aromatic rings. The fraction of sp³-hybridized carbons (Fsp3) is 0.917. The van der Waals surface area contributed by atoms with Crippen LogP contribution in [0.15, 0.2) is 0 Å². The molecule has 0 radical (unpaired) electrons. The van der Waals surface area contributed by atoms with Crippen molar-refractivity contribution < 1.29 is 27.8 Å². The predicted octanol–water partition coefficient (Wildman–Crippen LogP) is 1.50. The highest BCUT2D eigenvalue weighted by Crippen LogP contribution is 2.62. The first-order valence-corrected chi connectivity index (χ1v) is 6.25.